The molecule has 110 valence electrons. The van der Waals surface area contributed by atoms with Crippen molar-refractivity contribution in [2.45, 2.75) is 31.8 Å². The topological polar surface area (TPSA) is 84.2 Å². The van der Waals surface area contributed by atoms with Gasteiger partial charge in [0.05, 0.1) is 0 Å². The van der Waals surface area contributed by atoms with Crippen LogP contribution in [-0.2, 0) is 0 Å². The molecule has 1 saturated heterocycles. The largest absolute Gasteiger partial charge is 0.366 e. The van der Waals surface area contributed by atoms with Crippen LogP contribution in [0.3, 0.4) is 0 Å². The fraction of sp³-hybridized carbons (Fsp3) is 0.429. The lowest BCUT2D eigenvalue weighted by Gasteiger charge is -2.30. The van der Waals surface area contributed by atoms with Gasteiger partial charge in [-0.15, -0.1) is 12.4 Å². The molecule has 1 fully saturated rings. The lowest BCUT2D eigenvalue weighted by Crippen LogP contribution is -2.51. The van der Waals surface area contributed by atoms with Crippen LogP contribution < -0.4 is 16.4 Å². The molecule has 0 aliphatic carbocycles. The summed E-state index contributed by atoms with van der Waals surface area (Å²) in [5, 5.41) is 6.33. The van der Waals surface area contributed by atoms with Crippen molar-refractivity contribution in [1.29, 1.82) is 0 Å². The summed E-state index contributed by atoms with van der Waals surface area (Å²) in [6.07, 6.45) is 2.02. The second-order valence-corrected chi connectivity index (χ2v) is 4.91. The zero-order chi connectivity index (χ0) is 13.8. The summed E-state index contributed by atoms with van der Waals surface area (Å²) in [6.45, 7) is 3.05. The lowest BCUT2D eigenvalue weighted by atomic mass is 9.99. The highest BCUT2D eigenvalue weighted by atomic mass is 35.5. The Bertz CT molecular complexity index is 493. The average molecular weight is 298 g/mol. The highest BCUT2D eigenvalue weighted by Crippen LogP contribution is 2.10. The van der Waals surface area contributed by atoms with Crippen molar-refractivity contribution < 1.29 is 9.59 Å². The van der Waals surface area contributed by atoms with Crippen molar-refractivity contribution in [2.75, 3.05) is 6.54 Å². The zero-order valence-electron chi connectivity index (χ0n) is 11.4. The Labute approximate surface area is 124 Å². The summed E-state index contributed by atoms with van der Waals surface area (Å²) in [5.74, 6) is -0.689. The van der Waals surface area contributed by atoms with Gasteiger partial charge in [0, 0.05) is 23.2 Å². The molecular weight excluding hydrogens is 278 g/mol. The third-order valence-electron chi connectivity index (χ3n) is 3.49. The van der Waals surface area contributed by atoms with Gasteiger partial charge in [-0.2, -0.15) is 0 Å². The summed E-state index contributed by atoms with van der Waals surface area (Å²) in [7, 11) is 0. The first-order valence-corrected chi connectivity index (χ1v) is 6.52. The predicted octanol–water partition coefficient (Wildman–Crippen LogP) is 1.08. The van der Waals surface area contributed by atoms with Gasteiger partial charge in [0.15, 0.2) is 0 Å². The standard InChI is InChI=1S/C14H19N3O2.ClH/c1-9-12(6-3-7-16-9)17-14(19)11-5-2-4-10(8-11)13(15)18;/h2,4-5,8-9,12,16H,3,6-7H2,1H3,(H2,15,18)(H,17,19);1H. The summed E-state index contributed by atoms with van der Waals surface area (Å²) in [5.41, 5.74) is 6.02. The highest BCUT2D eigenvalue weighted by Gasteiger charge is 2.22. The summed E-state index contributed by atoms with van der Waals surface area (Å²) in [4.78, 5) is 23.2. The van der Waals surface area contributed by atoms with Crippen molar-refractivity contribution >= 4 is 24.2 Å². The molecule has 5 nitrogen and oxygen atoms in total. The van der Waals surface area contributed by atoms with E-state index in [1.54, 1.807) is 18.2 Å². The van der Waals surface area contributed by atoms with Crippen LogP contribution in [0.4, 0.5) is 0 Å². The van der Waals surface area contributed by atoms with E-state index in [1.165, 1.54) is 6.07 Å². The smallest absolute Gasteiger partial charge is 0.251 e. The molecule has 0 aromatic heterocycles. The number of primary amides is 1. The molecule has 1 aromatic carbocycles. The van der Waals surface area contributed by atoms with Crippen LogP contribution in [0.2, 0.25) is 0 Å². The third kappa shape index (κ3) is 3.95. The summed E-state index contributed by atoms with van der Waals surface area (Å²) >= 11 is 0. The predicted molar refractivity (Wildman–Crippen MR) is 80.2 cm³/mol. The van der Waals surface area contributed by atoms with Crippen LogP contribution in [0.1, 0.15) is 40.5 Å². The molecule has 0 spiro atoms. The van der Waals surface area contributed by atoms with Gasteiger partial charge in [-0.1, -0.05) is 6.07 Å². The van der Waals surface area contributed by atoms with E-state index < -0.39 is 5.91 Å². The molecule has 1 aliphatic heterocycles. The molecule has 6 heteroatoms. The zero-order valence-corrected chi connectivity index (χ0v) is 12.2. The maximum Gasteiger partial charge on any atom is 0.251 e. The fourth-order valence-electron chi connectivity index (χ4n) is 2.31. The third-order valence-corrected chi connectivity index (χ3v) is 3.49. The normalized spacial score (nSPS) is 21.6. The molecular formula is C14H20ClN3O2. The lowest BCUT2D eigenvalue weighted by molar-refractivity contribution is 0.0920. The Hall–Kier alpha value is -1.59. The first kappa shape index (κ1) is 16.5. The van der Waals surface area contributed by atoms with Gasteiger partial charge in [-0.05, 0) is 44.5 Å². The molecule has 2 amide bonds. The minimum atomic E-state index is -0.526. The second-order valence-electron chi connectivity index (χ2n) is 4.91. The molecule has 0 radical (unpaired) electrons. The average Bonchev–Trinajstić information content (AvgIpc) is 2.41. The van der Waals surface area contributed by atoms with E-state index in [4.69, 9.17) is 5.73 Å². The Morgan fingerprint density at radius 3 is 2.70 bits per heavy atom. The van der Waals surface area contributed by atoms with Crippen LogP contribution in [0, 0.1) is 0 Å². The van der Waals surface area contributed by atoms with E-state index >= 15 is 0 Å². The molecule has 2 atom stereocenters. The van der Waals surface area contributed by atoms with Crippen molar-refractivity contribution in [3.05, 3.63) is 35.4 Å². The van der Waals surface area contributed by atoms with Gasteiger partial charge < -0.3 is 16.4 Å². The minimum absolute atomic E-state index is 0. The molecule has 1 aliphatic rings. The molecule has 1 aromatic rings. The minimum Gasteiger partial charge on any atom is -0.366 e. The molecule has 20 heavy (non-hydrogen) atoms. The van der Waals surface area contributed by atoms with E-state index in [0.29, 0.717) is 11.1 Å². The Morgan fingerprint density at radius 2 is 2.05 bits per heavy atom. The van der Waals surface area contributed by atoms with Gasteiger partial charge in [0.1, 0.15) is 0 Å². The molecule has 2 unspecified atom stereocenters. The van der Waals surface area contributed by atoms with Crippen molar-refractivity contribution in [2.24, 2.45) is 5.73 Å². The summed E-state index contributed by atoms with van der Waals surface area (Å²) < 4.78 is 0. The first-order chi connectivity index (χ1) is 9.08. The maximum atomic E-state index is 12.1. The first-order valence-electron chi connectivity index (χ1n) is 6.52. The molecule has 2 rings (SSSR count). The quantitative estimate of drug-likeness (QED) is 0.780. The maximum absolute atomic E-state index is 12.1. The fourth-order valence-corrected chi connectivity index (χ4v) is 2.31. The van der Waals surface area contributed by atoms with Gasteiger partial charge in [0.2, 0.25) is 5.91 Å². The number of hydrogen-bond acceptors (Lipinski definition) is 3. The number of amides is 2. The Morgan fingerprint density at radius 1 is 1.35 bits per heavy atom. The number of nitrogens with two attached hydrogens (primary N) is 1. The number of nitrogens with one attached hydrogen (secondary N) is 2. The highest BCUT2D eigenvalue weighted by molar-refractivity contribution is 5.99. The van der Waals surface area contributed by atoms with Crippen molar-refractivity contribution in [1.82, 2.24) is 10.6 Å². The number of benzene rings is 1. The van der Waals surface area contributed by atoms with Crippen LogP contribution in [0.25, 0.3) is 0 Å². The van der Waals surface area contributed by atoms with Crippen LogP contribution in [-0.4, -0.2) is 30.4 Å². The van der Waals surface area contributed by atoms with Gasteiger partial charge in [-0.3, -0.25) is 9.59 Å². The Kier molecular flexibility index (Phi) is 5.98. The van der Waals surface area contributed by atoms with E-state index in [-0.39, 0.29) is 30.4 Å². The number of carbonyl (C=O) groups is 2. The van der Waals surface area contributed by atoms with Crippen molar-refractivity contribution in [3.63, 3.8) is 0 Å². The number of halogens is 1. The Balaban J connectivity index is 0.00000200. The SMILES string of the molecule is CC1NCCCC1NC(=O)c1cccc(C(N)=O)c1.Cl. The molecule has 0 bridgehead atoms. The number of rotatable bonds is 3. The van der Waals surface area contributed by atoms with E-state index in [2.05, 4.69) is 17.6 Å². The van der Waals surface area contributed by atoms with E-state index in [0.717, 1.165) is 19.4 Å². The van der Waals surface area contributed by atoms with Crippen LogP contribution in [0.5, 0.6) is 0 Å². The number of carbonyl (C=O) groups excluding carboxylic acids is 2. The molecule has 1 heterocycles. The van der Waals surface area contributed by atoms with Gasteiger partial charge >= 0.3 is 0 Å². The van der Waals surface area contributed by atoms with Gasteiger partial charge in [0.25, 0.3) is 5.91 Å². The van der Waals surface area contributed by atoms with Crippen LogP contribution >= 0.6 is 12.4 Å². The van der Waals surface area contributed by atoms with E-state index in [1.807, 2.05) is 0 Å². The molecule has 4 N–H and O–H groups in total. The number of hydrogen-bond donors (Lipinski definition) is 3. The monoisotopic (exact) mass is 297 g/mol. The second kappa shape index (κ2) is 7.26. The summed E-state index contributed by atoms with van der Waals surface area (Å²) in [6, 6.07) is 6.86. The van der Waals surface area contributed by atoms with Crippen LogP contribution in [0.15, 0.2) is 24.3 Å². The molecule has 0 saturated carbocycles. The van der Waals surface area contributed by atoms with E-state index in [9.17, 15) is 9.59 Å². The van der Waals surface area contributed by atoms with Crippen molar-refractivity contribution in [3.8, 4) is 0 Å². The van der Waals surface area contributed by atoms with Gasteiger partial charge in [-0.25, -0.2) is 0 Å². The number of piperidine rings is 1.